The Morgan fingerprint density at radius 1 is 1.16 bits per heavy atom. The fourth-order valence-electron chi connectivity index (χ4n) is 4.28. The van der Waals surface area contributed by atoms with E-state index >= 15 is 0 Å². The number of likely N-dealkylation sites (tertiary alicyclic amines) is 1. The van der Waals surface area contributed by atoms with Gasteiger partial charge in [0.2, 0.25) is 0 Å². The molecule has 0 bridgehead atoms. The van der Waals surface area contributed by atoms with E-state index in [0.29, 0.717) is 5.92 Å². The molecular formula is C24H25ClN4OS. The monoisotopic (exact) mass is 452 g/mol. The number of piperidine rings is 1. The number of hydrogen-bond donors (Lipinski definition) is 1. The minimum Gasteiger partial charge on any atom is -0.351 e. The van der Waals surface area contributed by atoms with Crippen LogP contribution in [-0.4, -0.2) is 46.4 Å². The molecule has 1 amide bonds. The third-order valence-corrected chi connectivity index (χ3v) is 7.43. The number of imidazole rings is 1. The number of aromatic nitrogens is 2. The molecule has 7 heteroatoms. The van der Waals surface area contributed by atoms with Crippen LogP contribution in [0.25, 0.3) is 11.7 Å². The molecule has 0 spiro atoms. The lowest BCUT2D eigenvalue weighted by molar-refractivity contribution is -0.117. The second kappa shape index (κ2) is 9.07. The summed E-state index contributed by atoms with van der Waals surface area (Å²) in [7, 11) is 0. The summed E-state index contributed by atoms with van der Waals surface area (Å²) in [5, 5.41) is 4.99. The van der Waals surface area contributed by atoms with Crippen molar-refractivity contribution in [3.05, 3.63) is 69.8 Å². The van der Waals surface area contributed by atoms with Crippen molar-refractivity contribution in [2.75, 3.05) is 26.2 Å². The molecule has 0 radical (unpaired) electrons. The highest BCUT2D eigenvalue weighted by atomic mass is 35.5. The van der Waals surface area contributed by atoms with Gasteiger partial charge in [-0.15, -0.1) is 0 Å². The topological polar surface area (TPSA) is 49.6 Å². The Morgan fingerprint density at radius 3 is 2.77 bits per heavy atom. The third-order valence-electron chi connectivity index (χ3n) is 6.13. The highest BCUT2D eigenvalue weighted by Crippen LogP contribution is 2.34. The van der Waals surface area contributed by atoms with Gasteiger partial charge in [0.05, 0.1) is 21.8 Å². The van der Waals surface area contributed by atoms with Gasteiger partial charge in [-0.25, -0.2) is 4.98 Å². The number of hydrogen-bond acceptors (Lipinski definition) is 4. The summed E-state index contributed by atoms with van der Waals surface area (Å²) in [4.78, 5) is 20.5. The fourth-order valence-corrected chi connectivity index (χ4v) is 5.41. The first kappa shape index (κ1) is 20.6. The first-order valence-corrected chi connectivity index (χ1v) is 12.0. The molecule has 1 N–H and O–H groups in total. The first-order valence-electron chi connectivity index (χ1n) is 10.8. The van der Waals surface area contributed by atoms with Crippen LogP contribution in [0.3, 0.4) is 0 Å². The number of thioether (sulfide) groups is 1. The molecular weight excluding hydrogens is 428 g/mol. The number of rotatable bonds is 6. The third kappa shape index (κ3) is 4.66. The van der Waals surface area contributed by atoms with Crippen molar-refractivity contribution in [2.45, 2.75) is 24.3 Å². The molecule has 3 aromatic rings. The molecule has 31 heavy (non-hydrogen) atoms. The molecule has 2 aliphatic rings. The maximum absolute atomic E-state index is 12.8. The molecule has 2 aliphatic heterocycles. The zero-order chi connectivity index (χ0) is 21.2. The number of carbonyl (C=O) groups is 1. The van der Waals surface area contributed by atoms with Gasteiger partial charge < -0.3 is 10.2 Å². The van der Waals surface area contributed by atoms with E-state index in [-0.39, 0.29) is 5.91 Å². The second-order valence-electron chi connectivity index (χ2n) is 8.22. The number of nitrogens with one attached hydrogen (secondary N) is 1. The van der Waals surface area contributed by atoms with Crippen LogP contribution in [0.5, 0.6) is 0 Å². The normalized spacial score (nSPS) is 17.0. The van der Waals surface area contributed by atoms with E-state index in [4.69, 9.17) is 11.6 Å². The summed E-state index contributed by atoms with van der Waals surface area (Å²) in [5.41, 5.74) is 3.20. The Hall–Kier alpha value is -2.28. The van der Waals surface area contributed by atoms with E-state index in [1.807, 2.05) is 42.6 Å². The van der Waals surface area contributed by atoms with Gasteiger partial charge in [0, 0.05) is 18.1 Å². The van der Waals surface area contributed by atoms with Crippen molar-refractivity contribution in [2.24, 2.45) is 5.92 Å². The van der Waals surface area contributed by atoms with Crippen molar-refractivity contribution >= 4 is 41.0 Å². The van der Waals surface area contributed by atoms with Crippen molar-refractivity contribution in [3.63, 3.8) is 0 Å². The second-order valence-corrected chi connectivity index (χ2v) is 9.72. The largest absolute Gasteiger partial charge is 0.351 e. The summed E-state index contributed by atoms with van der Waals surface area (Å²) in [6.45, 7) is 3.99. The van der Waals surface area contributed by atoms with Gasteiger partial charge in [-0.05, 0) is 74.2 Å². The van der Waals surface area contributed by atoms with Crippen LogP contribution < -0.4 is 5.32 Å². The lowest BCUT2D eigenvalue weighted by Gasteiger charge is -2.32. The van der Waals surface area contributed by atoms with E-state index < -0.39 is 0 Å². The van der Waals surface area contributed by atoms with Gasteiger partial charge >= 0.3 is 0 Å². The molecule has 0 saturated carbocycles. The molecule has 5 nitrogen and oxygen atoms in total. The van der Waals surface area contributed by atoms with Crippen LogP contribution in [-0.2, 0) is 11.2 Å². The van der Waals surface area contributed by atoms with Gasteiger partial charge in [-0.1, -0.05) is 41.6 Å². The van der Waals surface area contributed by atoms with Crippen LogP contribution in [0.15, 0.2) is 58.6 Å². The average molecular weight is 453 g/mol. The Bertz CT molecular complexity index is 1120. The van der Waals surface area contributed by atoms with Gasteiger partial charge in [0.25, 0.3) is 5.91 Å². The summed E-state index contributed by atoms with van der Waals surface area (Å²) in [6.07, 6.45) is 7.06. The van der Waals surface area contributed by atoms with E-state index in [1.165, 1.54) is 17.3 Å². The highest BCUT2D eigenvalue weighted by molar-refractivity contribution is 8.04. The average Bonchev–Trinajstić information content (AvgIpc) is 3.22. The summed E-state index contributed by atoms with van der Waals surface area (Å²) in [6, 6.07) is 14.1. The minimum atomic E-state index is 0.0135. The SMILES string of the molecule is O=C(NCC1CCN(CCc2ccc(Cl)cc2)CC1)C1=Cc2cnc3cccc(n23)S1. The maximum atomic E-state index is 12.8. The lowest BCUT2D eigenvalue weighted by atomic mass is 9.96. The zero-order valence-electron chi connectivity index (χ0n) is 17.3. The van der Waals surface area contributed by atoms with Crippen LogP contribution in [0, 0.1) is 5.92 Å². The standard InChI is InChI=1S/C24H25ClN4OS/c25-19-6-4-17(5-7-19)8-11-28-12-9-18(10-13-28)15-27-24(30)21-14-20-16-26-22-2-1-3-23(31-21)29(20)22/h1-7,14,16,18H,8-13,15H2,(H,27,30). The number of benzene rings is 1. The minimum absolute atomic E-state index is 0.0135. The zero-order valence-corrected chi connectivity index (χ0v) is 18.8. The fraction of sp³-hybridized carbons (Fsp3) is 0.333. The summed E-state index contributed by atoms with van der Waals surface area (Å²) < 4.78 is 2.08. The van der Waals surface area contributed by atoms with Crippen LogP contribution in [0.2, 0.25) is 5.02 Å². The van der Waals surface area contributed by atoms with Gasteiger partial charge in [-0.3, -0.25) is 9.20 Å². The smallest absolute Gasteiger partial charge is 0.258 e. The Kier molecular flexibility index (Phi) is 6.03. The molecule has 0 unspecified atom stereocenters. The number of halogens is 1. The van der Waals surface area contributed by atoms with Crippen molar-refractivity contribution < 1.29 is 4.79 Å². The van der Waals surface area contributed by atoms with Crippen LogP contribution in [0.1, 0.15) is 24.1 Å². The number of pyridine rings is 1. The highest BCUT2D eigenvalue weighted by Gasteiger charge is 2.23. The Balaban J connectivity index is 1.09. The Labute approximate surface area is 191 Å². The Morgan fingerprint density at radius 2 is 1.97 bits per heavy atom. The quantitative estimate of drug-likeness (QED) is 0.598. The molecule has 0 aliphatic carbocycles. The van der Waals surface area contributed by atoms with Gasteiger partial charge in [0.15, 0.2) is 0 Å². The molecule has 4 heterocycles. The van der Waals surface area contributed by atoms with Crippen molar-refractivity contribution in [1.82, 2.24) is 19.6 Å². The maximum Gasteiger partial charge on any atom is 0.258 e. The first-order chi connectivity index (χ1) is 15.2. The number of carbonyl (C=O) groups excluding carboxylic acids is 1. The molecule has 1 aromatic carbocycles. The molecule has 2 aromatic heterocycles. The summed E-state index contributed by atoms with van der Waals surface area (Å²) >= 11 is 7.47. The van der Waals surface area contributed by atoms with Crippen molar-refractivity contribution in [3.8, 4) is 0 Å². The number of nitrogens with zero attached hydrogens (tertiary/aromatic N) is 3. The molecule has 160 valence electrons. The molecule has 0 atom stereocenters. The molecule has 5 rings (SSSR count). The molecule has 1 fully saturated rings. The number of amides is 1. The van der Waals surface area contributed by atoms with Crippen molar-refractivity contribution in [1.29, 1.82) is 0 Å². The van der Waals surface area contributed by atoms with Gasteiger partial charge in [0.1, 0.15) is 5.65 Å². The van der Waals surface area contributed by atoms with Crippen LogP contribution >= 0.6 is 23.4 Å². The van der Waals surface area contributed by atoms with E-state index in [9.17, 15) is 4.79 Å². The van der Waals surface area contributed by atoms with E-state index in [0.717, 1.165) is 71.7 Å². The predicted octanol–water partition coefficient (Wildman–Crippen LogP) is 4.51. The van der Waals surface area contributed by atoms with E-state index in [1.54, 1.807) is 0 Å². The predicted molar refractivity (Wildman–Crippen MR) is 126 cm³/mol. The van der Waals surface area contributed by atoms with Gasteiger partial charge in [-0.2, -0.15) is 0 Å². The van der Waals surface area contributed by atoms with Crippen LogP contribution in [0.4, 0.5) is 0 Å². The molecule has 1 saturated heterocycles. The summed E-state index contributed by atoms with van der Waals surface area (Å²) in [5.74, 6) is 0.554. The lowest BCUT2D eigenvalue weighted by Crippen LogP contribution is -2.39. The van der Waals surface area contributed by atoms with E-state index in [2.05, 4.69) is 31.7 Å².